The van der Waals surface area contributed by atoms with Gasteiger partial charge in [-0.1, -0.05) is 140 Å². The second-order valence-electron chi connectivity index (χ2n) is 13.8. The van der Waals surface area contributed by atoms with Crippen molar-refractivity contribution in [3.05, 3.63) is 188 Å². The van der Waals surface area contributed by atoms with Crippen LogP contribution in [0.25, 0.3) is 105 Å². The molecule has 0 fully saturated rings. The van der Waals surface area contributed by atoms with E-state index in [1.165, 1.54) is 33.0 Å². The van der Waals surface area contributed by atoms with Crippen LogP contribution in [0.2, 0.25) is 0 Å². The van der Waals surface area contributed by atoms with Gasteiger partial charge in [-0.15, -0.1) is 0 Å². The molecule has 0 atom stereocenters. The van der Waals surface area contributed by atoms with Gasteiger partial charge in [-0.25, -0.2) is 9.97 Å². The summed E-state index contributed by atoms with van der Waals surface area (Å²) in [5, 5.41) is 5.54. The first-order chi connectivity index (χ1) is 26.8. The van der Waals surface area contributed by atoms with E-state index in [0.29, 0.717) is 5.82 Å². The molecule has 0 amide bonds. The molecule has 0 spiro atoms. The second-order valence-corrected chi connectivity index (χ2v) is 13.8. The lowest BCUT2D eigenvalue weighted by Gasteiger charge is -2.09. The van der Waals surface area contributed by atoms with E-state index in [-0.39, 0.29) is 0 Å². The Morgan fingerprint density at radius 3 is 1.61 bits per heavy atom. The molecule has 11 aromatic rings. The summed E-state index contributed by atoms with van der Waals surface area (Å²) >= 11 is 0. The molecule has 0 N–H and O–H groups in total. The number of hydrogen-bond donors (Lipinski definition) is 0. The summed E-state index contributed by atoms with van der Waals surface area (Å²) in [6.07, 6.45) is 0. The Bertz CT molecular complexity index is 3100. The van der Waals surface area contributed by atoms with Gasteiger partial charge in [0.2, 0.25) is 0 Å². The van der Waals surface area contributed by atoms with E-state index in [1.807, 2.05) is 30.3 Å². The maximum absolute atomic E-state index is 6.92. The number of furan rings is 1. The fraction of sp³-hybridized carbons (Fsp3) is 0. The minimum Gasteiger partial charge on any atom is -0.454 e. The van der Waals surface area contributed by atoms with Gasteiger partial charge < -0.3 is 8.98 Å². The zero-order valence-electron chi connectivity index (χ0n) is 29.1. The summed E-state index contributed by atoms with van der Waals surface area (Å²) < 4.78 is 9.28. The molecule has 0 aliphatic carbocycles. The molecular weight excluding hydrogens is 659 g/mol. The Balaban J connectivity index is 1.12. The van der Waals surface area contributed by atoms with Gasteiger partial charge in [0.15, 0.2) is 11.4 Å². The predicted molar refractivity (Wildman–Crippen MR) is 223 cm³/mol. The highest BCUT2D eigenvalue weighted by Gasteiger charge is 2.20. The lowest BCUT2D eigenvalue weighted by atomic mass is 10.0. The summed E-state index contributed by atoms with van der Waals surface area (Å²) in [7, 11) is 0. The molecule has 4 heteroatoms. The molecule has 0 aliphatic rings. The summed E-state index contributed by atoms with van der Waals surface area (Å²) in [6, 6.07) is 66.1. The van der Waals surface area contributed by atoms with E-state index in [2.05, 4.69) is 162 Å². The highest BCUT2D eigenvalue weighted by Crippen LogP contribution is 2.41. The van der Waals surface area contributed by atoms with Crippen LogP contribution in [0.15, 0.2) is 192 Å². The third kappa shape index (κ3) is 4.85. The lowest BCUT2D eigenvalue weighted by molar-refractivity contribution is 0.666. The molecule has 0 radical (unpaired) electrons. The minimum absolute atomic E-state index is 0.702. The Hall–Kier alpha value is -7.30. The van der Waals surface area contributed by atoms with Crippen LogP contribution in [0.5, 0.6) is 0 Å². The maximum Gasteiger partial charge on any atom is 0.160 e. The van der Waals surface area contributed by atoms with Crippen LogP contribution in [0.4, 0.5) is 0 Å². The summed E-state index contributed by atoms with van der Waals surface area (Å²) in [5.74, 6) is 0.702. The first-order valence-electron chi connectivity index (χ1n) is 18.2. The van der Waals surface area contributed by atoms with Crippen LogP contribution in [-0.4, -0.2) is 14.5 Å². The van der Waals surface area contributed by atoms with Gasteiger partial charge in [-0.05, 0) is 70.8 Å². The maximum atomic E-state index is 6.92. The highest BCUT2D eigenvalue weighted by molar-refractivity contribution is 6.14. The van der Waals surface area contributed by atoms with Crippen LogP contribution < -0.4 is 0 Å². The Morgan fingerprint density at radius 2 is 0.944 bits per heavy atom. The Labute approximate surface area is 311 Å². The van der Waals surface area contributed by atoms with Gasteiger partial charge in [-0.3, -0.25) is 0 Å². The number of benzene rings is 8. The molecule has 3 heterocycles. The number of aromatic nitrogens is 3. The van der Waals surface area contributed by atoms with Crippen LogP contribution >= 0.6 is 0 Å². The normalized spacial score (nSPS) is 11.7. The lowest BCUT2D eigenvalue weighted by Crippen LogP contribution is -1.94. The van der Waals surface area contributed by atoms with Crippen molar-refractivity contribution in [2.75, 3.05) is 0 Å². The number of rotatable bonds is 5. The van der Waals surface area contributed by atoms with E-state index in [9.17, 15) is 0 Å². The number of nitrogens with zero attached hydrogens (tertiary/aromatic N) is 3. The fourth-order valence-corrected chi connectivity index (χ4v) is 8.02. The number of fused-ring (bicyclic) bond motifs is 7. The van der Waals surface area contributed by atoms with Crippen molar-refractivity contribution >= 4 is 54.6 Å². The van der Waals surface area contributed by atoms with E-state index in [0.717, 1.165) is 66.4 Å². The fourth-order valence-electron chi connectivity index (χ4n) is 8.02. The average Bonchev–Trinajstić information content (AvgIpc) is 3.79. The summed E-state index contributed by atoms with van der Waals surface area (Å²) in [4.78, 5) is 10.1. The van der Waals surface area contributed by atoms with Crippen LogP contribution in [0, 0.1) is 0 Å². The van der Waals surface area contributed by atoms with Gasteiger partial charge in [0.05, 0.1) is 27.9 Å². The third-order valence-electron chi connectivity index (χ3n) is 10.6. The van der Waals surface area contributed by atoms with E-state index < -0.39 is 0 Å². The van der Waals surface area contributed by atoms with Gasteiger partial charge in [-0.2, -0.15) is 0 Å². The molecule has 0 saturated heterocycles. The van der Waals surface area contributed by atoms with Crippen molar-refractivity contribution in [1.82, 2.24) is 14.5 Å². The van der Waals surface area contributed by atoms with E-state index in [1.54, 1.807) is 0 Å². The molecular formula is C50H31N3O. The van der Waals surface area contributed by atoms with E-state index >= 15 is 0 Å². The van der Waals surface area contributed by atoms with Crippen LogP contribution in [-0.2, 0) is 0 Å². The van der Waals surface area contributed by atoms with E-state index in [4.69, 9.17) is 14.4 Å². The molecule has 4 nitrogen and oxygen atoms in total. The SMILES string of the molecule is c1ccc(-c2ccc3c(c2)c2cc(-c4ccccc4)ccc2n3-c2cccc3c2oc2cc(-c4nc(-c5ccccc5)nc5ccccc45)ccc23)cc1. The Morgan fingerprint density at radius 1 is 0.370 bits per heavy atom. The first-order valence-corrected chi connectivity index (χ1v) is 18.2. The van der Waals surface area contributed by atoms with Crippen LogP contribution in [0.1, 0.15) is 0 Å². The molecule has 0 saturated carbocycles. The standard InChI is InChI=1S/C50H31N3O/c1-4-13-32(14-5-1)35-24-27-44-41(29-35)42-30-36(33-15-6-2-7-16-33)25-28-45(42)53(44)46-22-12-20-39-38-26-23-37(31-47(38)54-49(39)46)48-40-19-10-11-21-43(40)51-50(52-48)34-17-8-3-9-18-34/h1-31H. The summed E-state index contributed by atoms with van der Waals surface area (Å²) in [6.45, 7) is 0. The van der Waals surface area contributed by atoms with Gasteiger partial charge in [0.25, 0.3) is 0 Å². The van der Waals surface area contributed by atoms with Crippen molar-refractivity contribution in [3.8, 4) is 50.6 Å². The van der Waals surface area contributed by atoms with Gasteiger partial charge >= 0.3 is 0 Å². The first kappa shape index (κ1) is 30.3. The zero-order chi connectivity index (χ0) is 35.6. The number of hydrogen-bond acceptors (Lipinski definition) is 3. The largest absolute Gasteiger partial charge is 0.454 e. The average molecular weight is 690 g/mol. The van der Waals surface area contributed by atoms with Gasteiger partial charge in [0.1, 0.15) is 5.58 Å². The number of para-hydroxylation sites is 2. The Kier molecular flexibility index (Phi) is 6.82. The monoisotopic (exact) mass is 689 g/mol. The molecule has 54 heavy (non-hydrogen) atoms. The molecule has 3 aromatic heterocycles. The van der Waals surface area contributed by atoms with Crippen LogP contribution in [0.3, 0.4) is 0 Å². The quantitative estimate of drug-likeness (QED) is 0.181. The molecule has 11 rings (SSSR count). The molecule has 252 valence electrons. The molecule has 0 bridgehead atoms. The van der Waals surface area contributed by atoms with Crippen molar-refractivity contribution in [2.24, 2.45) is 0 Å². The smallest absolute Gasteiger partial charge is 0.160 e. The minimum atomic E-state index is 0.702. The molecule has 0 unspecified atom stereocenters. The molecule has 0 aliphatic heterocycles. The van der Waals surface area contributed by atoms with Crippen molar-refractivity contribution in [2.45, 2.75) is 0 Å². The van der Waals surface area contributed by atoms with Crippen molar-refractivity contribution < 1.29 is 4.42 Å². The van der Waals surface area contributed by atoms with Crippen molar-refractivity contribution in [3.63, 3.8) is 0 Å². The second kappa shape index (κ2) is 12.1. The van der Waals surface area contributed by atoms with Gasteiger partial charge in [0, 0.05) is 38.1 Å². The summed E-state index contributed by atoms with van der Waals surface area (Å²) in [5.41, 5.74) is 13.5. The topological polar surface area (TPSA) is 43.9 Å². The zero-order valence-corrected chi connectivity index (χ0v) is 29.1. The third-order valence-corrected chi connectivity index (χ3v) is 10.6. The molecule has 8 aromatic carbocycles. The predicted octanol–water partition coefficient (Wildman–Crippen LogP) is 13.3. The highest BCUT2D eigenvalue weighted by atomic mass is 16.3. The van der Waals surface area contributed by atoms with Crippen molar-refractivity contribution in [1.29, 1.82) is 0 Å².